The third-order valence-corrected chi connectivity index (χ3v) is 4.33. The first-order chi connectivity index (χ1) is 9.36. The summed E-state index contributed by atoms with van der Waals surface area (Å²) in [5.41, 5.74) is 4.61. The van der Waals surface area contributed by atoms with Crippen LogP contribution in [0.1, 0.15) is 22.3 Å². The second-order valence-corrected chi connectivity index (χ2v) is 7.05. The predicted octanol–water partition coefficient (Wildman–Crippen LogP) is 3.88. The molecular formula is C17H18O2S. The maximum atomic E-state index is 11.4. The van der Waals surface area contributed by atoms with Crippen LogP contribution in [0.25, 0.3) is 12.2 Å². The van der Waals surface area contributed by atoms with E-state index in [1.54, 1.807) is 12.1 Å². The van der Waals surface area contributed by atoms with Crippen molar-refractivity contribution in [2.75, 3.05) is 6.26 Å². The van der Waals surface area contributed by atoms with E-state index < -0.39 is 9.84 Å². The molecule has 2 nitrogen and oxygen atoms in total. The van der Waals surface area contributed by atoms with Crippen LogP contribution in [-0.4, -0.2) is 14.7 Å². The van der Waals surface area contributed by atoms with Crippen LogP contribution < -0.4 is 0 Å². The normalized spacial score (nSPS) is 11.9. The number of hydrogen-bond acceptors (Lipinski definition) is 2. The molecule has 2 aromatic rings. The molecule has 0 amide bonds. The molecule has 0 saturated carbocycles. The average molecular weight is 286 g/mol. The van der Waals surface area contributed by atoms with Crippen LogP contribution in [0.3, 0.4) is 0 Å². The molecule has 0 fully saturated rings. The minimum atomic E-state index is -3.12. The van der Waals surface area contributed by atoms with E-state index in [-0.39, 0.29) is 0 Å². The summed E-state index contributed by atoms with van der Waals surface area (Å²) in [5.74, 6) is 0. The van der Waals surface area contributed by atoms with Crippen LogP contribution in [0.15, 0.2) is 47.4 Å². The van der Waals surface area contributed by atoms with Gasteiger partial charge >= 0.3 is 0 Å². The topological polar surface area (TPSA) is 34.1 Å². The zero-order valence-corrected chi connectivity index (χ0v) is 12.7. The molecule has 0 bridgehead atoms. The van der Waals surface area contributed by atoms with Crippen LogP contribution in [0.5, 0.6) is 0 Å². The lowest BCUT2D eigenvalue weighted by Crippen LogP contribution is -1.96. The standard InChI is InChI=1S/C17H18O2S/c1-13-4-5-14(2)16(12-13)9-6-15-7-10-17(11-8-15)20(3,18)19/h4-12H,1-3H3. The molecule has 3 heteroatoms. The van der Waals surface area contributed by atoms with Gasteiger partial charge in [-0.3, -0.25) is 0 Å². The molecule has 20 heavy (non-hydrogen) atoms. The van der Waals surface area contributed by atoms with Crippen LogP contribution >= 0.6 is 0 Å². The molecule has 0 aromatic heterocycles. The minimum absolute atomic E-state index is 0.349. The highest BCUT2D eigenvalue weighted by Gasteiger charge is 2.05. The molecule has 0 aliphatic rings. The maximum Gasteiger partial charge on any atom is 0.175 e. The molecule has 0 saturated heterocycles. The van der Waals surface area contributed by atoms with Gasteiger partial charge in [0, 0.05) is 6.26 Å². The molecular weight excluding hydrogens is 268 g/mol. The van der Waals surface area contributed by atoms with Crippen LogP contribution in [0.4, 0.5) is 0 Å². The Morgan fingerprint density at radius 2 is 1.55 bits per heavy atom. The van der Waals surface area contributed by atoms with Crippen molar-refractivity contribution >= 4 is 22.0 Å². The van der Waals surface area contributed by atoms with E-state index in [0.717, 1.165) is 5.56 Å². The van der Waals surface area contributed by atoms with Crippen molar-refractivity contribution < 1.29 is 8.42 Å². The second-order valence-electron chi connectivity index (χ2n) is 5.03. The van der Waals surface area contributed by atoms with Crippen molar-refractivity contribution in [3.8, 4) is 0 Å². The molecule has 0 N–H and O–H groups in total. The molecule has 0 atom stereocenters. The fourth-order valence-corrected chi connectivity index (χ4v) is 2.58. The van der Waals surface area contributed by atoms with E-state index in [0.29, 0.717) is 4.90 Å². The van der Waals surface area contributed by atoms with Gasteiger partial charge in [-0.2, -0.15) is 0 Å². The summed E-state index contributed by atoms with van der Waals surface area (Å²) < 4.78 is 22.8. The fourth-order valence-electron chi connectivity index (χ4n) is 1.95. The Labute approximate surface area is 120 Å². The molecule has 2 aromatic carbocycles. The summed E-state index contributed by atoms with van der Waals surface area (Å²) in [6.45, 7) is 4.14. The van der Waals surface area contributed by atoms with Gasteiger partial charge in [0.1, 0.15) is 0 Å². The number of benzene rings is 2. The maximum absolute atomic E-state index is 11.4. The third-order valence-electron chi connectivity index (χ3n) is 3.20. The summed E-state index contributed by atoms with van der Waals surface area (Å²) in [6, 6.07) is 13.2. The van der Waals surface area contributed by atoms with Gasteiger partial charge in [-0.1, -0.05) is 48.0 Å². The Hall–Kier alpha value is -1.87. The van der Waals surface area contributed by atoms with E-state index in [2.05, 4.69) is 38.1 Å². The molecule has 0 radical (unpaired) electrons. The van der Waals surface area contributed by atoms with Gasteiger partial charge in [-0.15, -0.1) is 0 Å². The molecule has 104 valence electrons. The fraction of sp³-hybridized carbons (Fsp3) is 0.176. The van der Waals surface area contributed by atoms with Crippen molar-refractivity contribution in [3.63, 3.8) is 0 Å². The van der Waals surface area contributed by atoms with Gasteiger partial charge in [0.2, 0.25) is 0 Å². The summed E-state index contributed by atoms with van der Waals surface area (Å²) in [6.07, 6.45) is 5.26. The first-order valence-electron chi connectivity index (χ1n) is 6.42. The highest BCUT2D eigenvalue weighted by molar-refractivity contribution is 7.90. The van der Waals surface area contributed by atoms with Gasteiger partial charge in [-0.25, -0.2) is 8.42 Å². The average Bonchev–Trinajstić information content (AvgIpc) is 2.39. The first kappa shape index (κ1) is 14.5. The molecule has 0 aliphatic heterocycles. The summed E-state index contributed by atoms with van der Waals surface area (Å²) in [5, 5.41) is 0. The Bertz CT molecular complexity index is 739. The van der Waals surface area contributed by atoms with E-state index >= 15 is 0 Å². The largest absolute Gasteiger partial charge is 0.224 e. The summed E-state index contributed by atoms with van der Waals surface area (Å²) >= 11 is 0. The number of sulfone groups is 1. The van der Waals surface area contributed by atoms with Crippen LogP contribution in [-0.2, 0) is 9.84 Å². The Kier molecular flexibility index (Phi) is 4.09. The predicted molar refractivity (Wildman–Crippen MR) is 84.4 cm³/mol. The van der Waals surface area contributed by atoms with E-state index in [9.17, 15) is 8.42 Å². The third kappa shape index (κ3) is 3.58. The molecule has 0 aliphatic carbocycles. The molecule has 0 spiro atoms. The van der Waals surface area contributed by atoms with Gasteiger partial charge in [-0.05, 0) is 42.7 Å². The van der Waals surface area contributed by atoms with E-state index in [1.807, 2.05) is 18.2 Å². The second kappa shape index (κ2) is 5.63. The molecule has 0 heterocycles. The highest BCUT2D eigenvalue weighted by atomic mass is 32.2. The SMILES string of the molecule is Cc1ccc(C)c(C=Cc2ccc(S(C)(=O)=O)cc2)c1. The zero-order valence-electron chi connectivity index (χ0n) is 11.9. The first-order valence-corrected chi connectivity index (χ1v) is 8.31. The van der Waals surface area contributed by atoms with Crippen molar-refractivity contribution in [1.82, 2.24) is 0 Å². The lowest BCUT2D eigenvalue weighted by atomic mass is 10.0. The quantitative estimate of drug-likeness (QED) is 0.802. The van der Waals surface area contributed by atoms with Gasteiger partial charge in [0.15, 0.2) is 9.84 Å². The van der Waals surface area contributed by atoms with Crippen LogP contribution in [0, 0.1) is 13.8 Å². The van der Waals surface area contributed by atoms with Crippen molar-refractivity contribution in [2.45, 2.75) is 18.7 Å². The van der Waals surface area contributed by atoms with Gasteiger partial charge in [0.05, 0.1) is 4.90 Å². The summed E-state index contributed by atoms with van der Waals surface area (Å²) in [4.78, 5) is 0.349. The minimum Gasteiger partial charge on any atom is -0.224 e. The Morgan fingerprint density at radius 3 is 2.15 bits per heavy atom. The van der Waals surface area contributed by atoms with E-state index in [1.165, 1.54) is 22.9 Å². The zero-order chi connectivity index (χ0) is 14.8. The summed E-state index contributed by atoms with van der Waals surface area (Å²) in [7, 11) is -3.12. The Morgan fingerprint density at radius 1 is 0.900 bits per heavy atom. The monoisotopic (exact) mass is 286 g/mol. The number of aryl methyl sites for hydroxylation is 2. The molecule has 0 unspecified atom stereocenters. The van der Waals surface area contributed by atoms with Gasteiger partial charge in [0.25, 0.3) is 0 Å². The van der Waals surface area contributed by atoms with Gasteiger partial charge < -0.3 is 0 Å². The number of rotatable bonds is 3. The van der Waals surface area contributed by atoms with Crippen molar-refractivity contribution in [2.24, 2.45) is 0 Å². The van der Waals surface area contributed by atoms with E-state index in [4.69, 9.17) is 0 Å². The molecule has 2 rings (SSSR count). The number of hydrogen-bond donors (Lipinski definition) is 0. The lowest BCUT2D eigenvalue weighted by molar-refractivity contribution is 0.602. The van der Waals surface area contributed by atoms with Crippen LogP contribution in [0.2, 0.25) is 0 Å². The Balaban J connectivity index is 2.26. The smallest absolute Gasteiger partial charge is 0.175 e. The van der Waals surface area contributed by atoms with Crippen molar-refractivity contribution in [1.29, 1.82) is 0 Å². The van der Waals surface area contributed by atoms with Crippen molar-refractivity contribution in [3.05, 3.63) is 64.7 Å². The lowest BCUT2D eigenvalue weighted by Gasteiger charge is -2.02. The highest BCUT2D eigenvalue weighted by Crippen LogP contribution is 2.16.